The molecule has 1 saturated heterocycles. The lowest BCUT2D eigenvalue weighted by Crippen LogP contribution is -2.36. The number of aromatic nitrogens is 4. The van der Waals surface area contributed by atoms with E-state index in [4.69, 9.17) is 4.74 Å². The molecule has 0 atom stereocenters. The normalized spacial score (nSPS) is 14.3. The number of nitrogens with one attached hydrogen (secondary N) is 3. The average Bonchev–Trinajstić information content (AvgIpc) is 3.19. The van der Waals surface area contributed by atoms with Gasteiger partial charge in [-0.05, 0) is 31.2 Å². The van der Waals surface area contributed by atoms with Crippen LogP contribution in [0, 0.1) is 6.92 Å². The third-order valence-electron chi connectivity index (χ3n) is 5.71. The van der Waals surface area contributed by atoms with Gasteiger partial charge >= 0.3 is 11.4 Å². The van der Waals surface area contributed by atoms with Crippen LogP contribution < -0.4 is 21.8 Å². The molecule has 3 heterocycles. The highest BCUT2D eigenvalue weighted by molar-refractivity contribution is 5.91. The third-order valence-corrected chi connectivity index (χ3v) is 5.71. The van der Waals surface area contributed by atoms with Crippen LogP contribution in [0.5, 0.6) is 5.88 Å². The van der Waals surface area contributed by atoms with E-state index in [0.29, 0.717) is 48.7 Å². The Hall–Kier alpha value is -4.38. The van der Waals surface area contributed by atoms with Crippen molar-refractivity contribution in [2.45, 2.75) is 6.92 Å². The van der Waals surface area contributed by atoms with Crippen molar-refractivity contribution in [2.24, 2.45) is 4.99 Å². The lowest BCUT2D eigenvalue weighted by atomic mass is 10.2. The number of aliphatic imine (C=N–C) groups is 1. The molecule has 0 radical (unpaired) electrons. The molecule has 0 saturated carbocycles. The van der Waals surface area contributed by atoms with Gasteiger partial charge in [0.25, 0.3) is 5.56 Å². The molecule has 0 amide bonds. The highest BCUT2D eigenvalue weighted by atomic mass is 16.5. The van der Waals surface area contributed by atoms with Crippen LogP contribution in [0.25, 0.3) is 16.7 Å². The predicted molar refractivity (Wildman–Crippen MR) is 128 cm³/mol. The molecule has 4 N–H and O–H groups in total. The second-order valence-corrected chi connectivity index (χ2v) is 7.99. The third kappa shape index (κ3) is 3.92. The zero-order valence-corrected chi connectivity index (χ0v) is 18.3. The minimum absolute atomic E-state index is 0.171. The number of ether oxygens (including phenoxy) is 1. The van der Waals surface area contributed by atoms with E-state index in [-0.39, 0.29) is 11.3 Å². The molecule has 1 aliphatic heterocycles. The summed E-state index contributed by atoms with van der Waals surface area (Å²) >= 11 is 0. The van der Waals surface area contributed by atoms with E-state index in [1.54, 1.807) is 30.3 Å². The number of aryl methyl sites for hydroxylation is 1. The number of H-pyrrole nitrogens is 3. The van der Waals surface area contributed by atoms with Crippen molar-refractivity contribution in [3.8, 4) is 11.6 Å². The van der Waals surface area contributed by atoms with Gasteiger partial charge in [-0.15, -0.1) is 0 Å². The second-order valence-electron chi connectivity index (χ2n) is 7.99. The van der Waals surface area contributed by atoms with Crippen LogP contribution in [-0.4, -0.2) is 57.1 Å². The van der Waals surface area contributed by atoms with Crippen molar-refractivity contribution < 1.29 is 9.84 Å². The summed E-state index contributed by atoms with van der Waals surface area (Å²) in [6.45, 7) is 4.26. The molecule has 0 unspecified atom stereocenters. The van der Waals surface area contributed by atoms with Crippen LogP contribution in [0.4, 0.5) is 11.4 Å². The number of aromatic hydroxyl groups is 1. The number of hydrogen-bond acceptors (Lipinski definition) is 7. The molecule has 4 aromatic rings. The Bertz CT molecular complexity index is 1570. The van der Waals surface area contributed by atoms with Crippen LogP contribution in [0.2, 0.25) is 0 Å². The SMILES string of the molecule is Cc1ccc(-n2c(O)c(C=Nc3cc4[nH]c(=O)[nH]c4cc3N3CCOCC3)c(=O)[nH]c2=O)cc1. The molecule has 2 aromatic carbocycles. The van der Waals surface area contributed by atoms with Crippen LogP contribution in [-0.2, 0) is 4.74 Å². The van der Waals surface area contributed by atoms with Crippen LogP contribution >= 0.6 is 0 Å². The van der Waals surface area contributed by atoms with Crippen LogP contribution in [0.15, 0.2) is 55.8 Å². The Morgan fingerprint density at radius 1 is 1.00 bits per heavy atom. The van der Waals surface area contributed by atoms with E-state index < -0.39 is 17.1 Å². The minimum Gasteiger partial charge on any atom is -0.493 e. The predicted octanol–water partition coefficient (Wildman–Crippen LogP) is 1.30. The minimum atomic E-state index is -0.765. The first-order valence-electron chi connectivity index (χ1n) is 10.7. The number of anilines is 1. The number of morpholine rings is 1. The van der Waals surface area contributed by atoms with Crippen LogP contribution in [0.1, 0.15) is 11.1 Å². The van der Waals surface area contributed by atoms with Crippen molar-refractivity contribution >= 4 is 28.6 Å². The molecule has 2 aromatic heterocycles. The van der Waals surface area contributed by atoms with E-state index >= 15 is 0 Å². The van der Waals surface area contributed by atoms with E-state index in [1.807, 2.05) is 13.0 Å². The maximum absolute atomic E-state index is 12.5. The molecule has 34 heavy (non-hydrogen) atoms. The number of fused-ring (bicyclic) bond motifs is 1. The van der Waals surface area contributed by atoms with Gasteiger partial charge in [0.15, 0.2) is 0 Å². The zero-order valence-electron chi connectivity index (χ0n) is 18.3. The standard InChI is InChI=1S/C23H22N6O5/c1-13-2-4-14(5-3-13)29-21(31)15(20(30)27-23(29)33)12-24-18-10-16-17(26-22(32)25-16)11-19(18)28-6-8-34-9-7-28/h2-5,10-12,31H,6-9H2,1H3,(H2,25,26,32)(H,27,30,33). The monoisotopic (exact) mass is 462 g/mol. The lowest BCUT2D eigenvalue weighted by molar-refractivity contribution is 0.123. The van der Waals surface area contributed by atoms with Gasteiger partial charge in [0, 0.05) is 19.3 Å². The van der Waals surface area contributed by atoms with Crippen molar-refractivity contribution in [2.75, 3.05) is 31.2 Å². The summed E-state index contributed by atoms with van der Waals surface area (Å²) < 4.78 is 6.44. The topological polar surface area (TPSA) is 149 Å². The van der Waals surface area contributed by atoms with Crippen molar-refractivity contribution in [1.29, 1.82) is 0 Å². The summed E-state index contributed by atoms with van der Waals surface area (Å²) in [7, 11) is 0. The van der Waals surface area contributed by atoms with Gasteiger partial charge in [-0.2, -0.15) is 0 Å². The summed E-state index contributed by atoms with van der Waals surface area (Å²) in [5, 5.41) is 10.8. The molecule has 174 valence electrons. The van der Waals surface area contributed by atoms with Crippen molar-refractivity contribution in [1.82, 2.24) is 19.5 Å². The van der Waals surface area contributed by atoms with Gasteiger partial charge in [-0.3, -0.25) is 14.8 Å². The molecular weight excluding hydrogens is 440 g/mol. The number of hydrogen-bond donors (Lipinski definition) is 4. The number of rotatable bonds is 4. The van der Waals surface area contributed by atoms with E-state index in [9.17, 15) is 19.5 Å². The van der Waals surface area contributed by atoms with Crippen molar-refractivity contribution in [3.63, 3.8) is 0 Å². The summed E-state index contributed by atoms with van der Waals surface area (Å²) in [4.78, 5) is 50.9. The Balaban J connectivity index is 1.63. The Morgan fingerprint density at radius 2 is 1.68 bits per heavy atom. The van der Waals surface area contributed by atoms with Gasteiger partial charge in [0.1, 0.15) is 5.56 Å². The first-order chi connectivity index (χ1) is 16.4. The molecule has 1 fully saturated rings. The maximum Gasteiger partial charge on any atom is 0.335 e. The highest BCUT2D eigenvalue weighted by Crippen LogP contribution is 2.33. The Labute approximate surface area is 192 Å². The van der Waals surface area contributed by atoms with Crippen molar-refractivity contribution in [3.05, 3.63) is 78.8 Å². The fourth-order valence-electron chi connectivity index (χ4n) is 3.94. The lowest BCUT2D eigenvalue weighted by Gasteiger charge is -2.29. The molecule has 0 aliphatic carbocycles. The highest BCUT2D eigenvalue weighted by Gasteiger charge is 2.18. The second kappa shape index (κ2) is 8.52. The summed E-state index contributed by atoms with van der Waals surface area (Å²) in [6.07, 6.45) is 1.22. The molecule has 0 bridgehead atoms. The van der Waals surface area contributed by atoms with E-state index in [0.717, 1.165) is 15.8 Å². The smallest absolute Gasteiger partial charge is 0.335 e. The number of benzene rings is 2. The number of nitrogens with zero attached hydrogens (tertiary/aromatic N) is 3. The molecule has 11 heteroatoms. The molecule has 11 nitrogen and oxygen atoms in total. The largest absolute Gasteiger partial charge is 0.493 e. The van der Waals surface area contributed by atoms with E-state index in [2.05, 4.69) is 24.8 Å². The fourth-order valence-corrected chi connectivity index (χ4v) is 3.94. The Kier molecular flexibility index (Phi) is 5.38. The molecule has 1 aliphatic rings. The maximum atomic E-state index is 12.5. The summed E-state index contributed by atoms with van der Waals surface area (Å²) in [6, 6.07) is 10.4. The summed E-state index contributed by atoms with van der Waals surface area (Å²) in [5.74, 6) is -0.523. The quantitative estimate of drug-likeness (QED) is 0.336. The number of imidazole rings is 1. The van der Waals surface area contributed by atoms with Gasteiger partial charge in [0.05, 0.1) is 41.3 Å². The summed E-state index contributed by atoms with van der Waals surface area (Å²) in [5.41, 5.74) is 1.75. The van der Waals surface area contributed by atoms with Gasteiger partial charge in [-0.25, -0.2) is 14.2 Å². The first-order valence-corrected chi connectivity index (χ1v) is 10.7. The van der Waals surface area contributed by atoms with Gasteiger partial charge in [-0.1, -0.05) is 17.7 Å². The van der Waals surface area contributed by atoms with Gasteiger partial charge in [0.2, 0.25) is 5.88 Å². The molecule has 0 spiro atoms. The molecule has 5 rings (SSSR count). The van der Waals surface area contributed by atoms with E-state index in [1.165, 1.54) is 6.21 Å². The number of aromatic amines is 3. The molecular formula is C23H22N6O5. The zero-order chi connectivity index (χ0) is 23.8. The van der Waals surface area contributed by atoms with Gasteiger partial charge < -0.3 is 24.7 Å². The Morgan fingerprint density at radius 3 is 2.38 bits per heavy atom. The van der Waals surface area contributed by atoms with Crippen LogP contribution in [0.3, 0.4) is 0 Å². The average molecular weight is 462 g/mol. The first kappa shape index (κ1) is 21.5. The fraction of sp³-hybridized carbons (Fsp3) is 0.217.